The van der Waals surface area contributed by atoms with Crippen molar-refractivity contribution in [2.45, 2.75) is 45.6 Å². The minimum absolute atomic E-state index is 0.309. The maximum atomic E-state index is 12.1. The molecule has 0 unspecified atom stereocenters. The summed E-state index contributed by atoms with van der Waals surface area (Å²) in [6.45, 7) is 5.62. The monoisotopic (exact) mass is 274 g/mol. The topological polar surface area (TPSA) is 32.3 Å². The average Bonchev–Trinajstić information content (AvgIpc) is 2.72. The molecule has 0 aliphatic carbocycles. The number of rotatable bonds is 5. The van der Waals surface area contributed by atoms with E-state index in [4.69, 9.17) is 0 Å². The lowest BCUT2D eigenvalue weighted by molar-refractivity contribution is -0.131. The third-order valence-electron chi connectivity index (χ3n) is 3.89. The number of nitrogens with one attached hydrogen (secondary N) is 1. The van der Waals surface area contributed by atoms with Crippen molar-refractivity contribution >= 4 is 5.91 Å². The van der Waals surface area contributed by atoms with Gasteiger partial charge in [0.15, 0.2) is 0 Å². The molecule has 1 heterocycles. The average molecular weight is 274 g/mol. The van der Waals surface area contributed by atoms with Crippen LogP contribution in [-0.2, 0) is 11.3 Å². The van der Waals surface area contributed by atoms with Crippen LogP contribution in [-0.4, -0.2) is 30.4 Å². The number of aryl methyl sites for hydroxylation is 1. The largest absolute Gasteiger partial charge is 0.343 e. The number of carbonyl (C=O) groups is 1. The van der Waals surface area contributed by atoms with Crippen LogP contribution in [0.25, 0.3) is 0 Å². The first-order valence-corrected chi connectivity index (χ1v) is 7.80. The molecular weight excluding hydrogens is 248 g/mol. The van der Waals surface area contributed by atoms with Gasteiger partial charge in [0.2, 0.25) is 5.91 Å². The lowest BCUT2D eigenvalue weighted by Crippen LogP contribution is -2.33. The molecule has 1 aromatic carbocycles. The highest BCUT2D eigenvalue weighted by Gasteiger charge is 2.14. The van der Waals surface area contributed by atoms with Crippen LogP contribution in [0.2, 0.25) is 0 Å². The number of hydrogen-bond donors (Lipinski definition) is 1. The number of likely N-dealkylation sites (tertiary alicyclic amines) is 1. The van der Waals surface area contributed by atoms with Crippen LogP contribution in [0.3, 0.4) is 0 Å². The van der Waals surface area contributed by atoms with Crippen LogP contribution >= 0.6 is 0 Å². The van der Waals surface area contributed by atoms with E-state index in [2.05, 4.69) is 36.5 Å². The Bertz CT molecular complexity index is 423. The molecule has 1 aromatic rings. The predicted octanol–water partition coefficient (Wildman–Crippen LogP) is 2.88. The summed E-state index contributed by atoms with van der Waals surface area (Å²) in [4.78, 5) is 14.1. The maximum Gasteiger partial charge on any atom is 0.223 e. The van der Waals surface area contributed by atoms with Crippen molar-refractivity contribution in [3.05, 3.63) is 35.4 Å². The quantitative estimate of drug-likeness (QED) is 0.837. The van der Waals surface area contributed by atoms with Crippen molar-refractivity contribution < 1.29 is 4.79 Å². The van der Waals surface area contributed by atoms with E-state index in [1.54, 1.807) is 0 Å². The molecule has 1 N–H and O–H groups in total. The first kappa shape index (κ1) is 15.0. The van der Waals surface area contributed by atoms with Crippen molar-refractivity contribution in [3.63, 3.8) is 0 Å². The highest BCUT2D eigenvalue weighted by atomic mass is 16.2. The third-order valence-corrected chi connectivity index (χ3v) is 3.89. The van der Waals surface area contributed by atoms with Gasteiger partial charge < -0.3 is 10.2 Å². The van der Waals surface area contributed by atoms with Gasteiger partial charge in [-0.3, -0.25) is 4.79 Å². The van der Waals surface area contributed by atoms with Crippen molar-refractivity contribution in [1.82, 2.24) is 10.2 Å². The minimum atomic E-state index is 0.309. The SMILES string of the molecule is Cc1cccc(CNCCC(=O)N2CCCCCC2)c1. The van der Waals surface area contributed by atoms with Gasteiger partial charge >= 0.3 is 0 Å². The second kappa shape index (κ2) is 8.05. The van der Waals surface area contributed by atoms with Gasteiger partial charge in [0.25, 0.3) is 0 Å². The highest BCUT2D eigenvalue weighted by molar-refractivity contribution is 5.76. The third kappa shape index (κ3) is 4.97. The lowest BCUT2D eigenvalue weighted by Gasteiger charge is -2.20. The van der Waals surface area contributed by atoms with E-state index < -0.39 is 0 Å². The number of carbonyl (C=O) groups excluding carboxylic acids is 1. The highest BCUT2D eigenvalue weighted by Crippen LogP contribution is 2.10. The summed E-state index contributed by atoms with van der Waals surface area (Å²) in [5.41, 5.74) is 2.57. The molecule has 0 bridgehead atoms. The first-order valence-electron chi connectivity index (χ1n) is 7.80. The van der Waals surface area contributed by atoms with Crippen molar-refractivity contribution in [2.75, 3.05) is 19.6 Å². The van der Waals surface area contributed by atoms with E-state index >= 15 is 0 Å². The van der Waals surface area contributed by atoms with Gasteiger partial charge in [-0.2, -0.15) is 0 Å². The van der Waals surface area contributed by atoms with E-state index in [1.165, 1.54) is 36.8 Å². The molecular formula is C17H26N2O. The Kier molecular flexibility index (Phi) is 6.06. The van der Waals surface area contributed by atoms with E-state index in [0.717, 1.165) is 26.2 Å². The van der Waals surface area contributed by atoms with Crippen molar-refractivity contribution in [2.24, 2.45) is 0 Å². The predicted molar refractivity (Wildman–Crippen MR) is 82.6 cm³/mol. The van der Waals surface area contributed by atoms with Crippen LogP contribution < -0.4 is 5.32 Å². The number of benzene rings is 1. The fourth-order valence-corrected chi connectivity index (χ4v) is 2.73. The maximum absolute atomic E-state index is 12.1. The second-order valence-corrected chi connectivity index (χ2v) is 5.71. The van der Waals surface area contributed by atoms with E-state index in [9.17, 15) is 4.79 Å². The van der Waals surface area contributed by atoms with E-state index in [0.29, 0.717) is 12.3 Å². The molecule has 0 aromatic heterocycles. The van der Waals surface area contributed by atoms with Crippen LogP contribution in [0, 0.1) is 6.92 Å². The molecule has 0 spiro atoms. The van der Waals surface area contributed by atoms with Gasteiger partial charge in [-0.25, -0.2) is 0 Å². The Morgan fingerprint density at radius 2 is 1.95 bits per heavy atom. The molecule has 0 radical (unpaired) electrons. The minimum Gasteiger partial charge on any atom is -0.343 e. The zero-order chi connectivity index (χ0) is 14.2. The standard InChI is InChI=1S/C17H26N2O/c1-15-7-6-8-16(13-15)14-18-10-9-17(20)19-11-4-2-3-5-12-19/h6-8,13,18H,2-5,9-12,14H2,1H3. The summed E-state index contributed by atoms with van der Waals surface area (Å²) in [6, 6.07) is 8.49. The molecule has 1 aliphatic rings. The molecule has 1 amide bonds. The molecule has 3 heteroatoms. The second-order valence-electron chi connectivity index (χ2n) is 5.71. The lowest BCUT2D eigenvalue weighted by atomic mass is 10.1. The molecule has 1 saturated heterocycles. The normalized spacial score (nSPS) is 15.9. The van der Waals surface area contributed by atoms with E-state index in [-0.39, 0.29) is 0 Å². The van der Waals surface area contributed by atoms with Gasteiger partial charge in [-0.05, 0) is 25.3 Å². The molecule has 2 rings (SSSR count). The molecule has 3 nitrogen and oxygen atoms in total. The van der Waals surface area contributed by atoms with Crippen molar-refractivity contribution in [1.29, 1.82) is 0 Å². The fraction of sp³-hybridized carbons (Fsp3) is 0.588. The summed E-state index contributed by atoms with van der Waals surface area (Å²) in [7, 11) is 0. The van der Waals surface area contributed by atoms with Gasteiger partial charge in [-0.1, -0.05) is 42.7 Å². The molecule has 110 valence electrons. The summed E-state index contributed by atoms with van der Waals surface area (Å²) in [6.07, 6.45) is 5.50. The van der Waals surface area contributed by atoms with Crippen LogP contribution in [0.1, 0.15) is 43.2 Å². The number of amides is 1. The van der Waals surface area contributed by atoms with Gasteiger partial charge in [0.05, 0.1) is 0 Å². The van der Waals surface area contributed by atoms with Crippen LogP contribution in [0.15, 0.2) is 24.3 Å². The van der Waals surface area contributed by atoms with Crippen molar-refractivity contribution in [3.8, 4) is 0 Å². The number of hydrogen-bond acceptors (Lipinski definition) is 2. The molecule has 0 atom stereocenters. The first-order chi connectivity index (χ1) is 9.75. The Morgan fingerprint density at radius 3 is 2.65 bits per heavy atom. The smallest absolute Gasteiger partial charge is 0.223 e. The Labute approximate surface area is 122 Å². The van der Waals surface area contributed by atoms with Gasteiger partial charge in [-0.15, -0.1) is 0 Å². The summed E-state index contributed by atoms with van der Waals surface area (Å²) >= 11 is 0. The van der Waals surface area contributed by atoms with Gasteiger partial charge in [0, 0.05) is 32.6 Å². The van der Waals surface area contributed by atoms with Gasteiger partial charge in [0.1, 0.15) is 0 Å². The van der Waals surface area contributed by atoms with Crippen LogP contribution in [0.4, 0.5) is 0 Å². The molecule has 0 saturated carbocycles. The number of nitrogens with zero attached hydrogens (tertiary/aromatic N) is 1. The molecule has 20 heavy (non-hydrogen) atoms. The summed E-state index contributed by atoms with van der Waals surface area (Å²) < 4.78 is 0. The summed E-state index contributed by atoms with van der Waals surface area (Å²) in [5, 5.41) is 3.37. The Hall–Kier alpha value is -1.35. The zero-order valence-electron chi connectivity index (χ0n) is 12.5. The summed E-state index contributed by atoms with van der Waals surface area (Å²) in [5.74, 6) is 0.309. The Balaban J connectivity index is 1.66. The Morgan fingerprint density at radius 1 is 1.20 bits per heavy atom. The molecule has 1 fully saturated rings. The molecule has 1 aliphatic heterocycles. The zero-order valence-corrected chi connectivity index (χ0v) is 12.5. The fourth-order valence-electron chi connectivity index (χ4n) is 2.73. The van der Waals surface area contributed by atoms with Crippen LogP contribution in [0.5, 0.6) is 0 Å². The van der Waals surface area contributed by atoms with E-state index in [1.807, 2.05) is 4.90 Å².